The molecule has 0 aromatic heterocycles. The smallest absolute Gasteiger partial charge is 0.324 e. The quantitative estimate of drug-likeness (QED) is 0.742. The van der Waals surface area contributed by atoms with Crippen LogP contribution in [-0.4, -0.2) is 59.9 Å². The molecule has 0 saturated carbocycles. The monoisotopic (exact) mass is 258 g/mol. The summed E-state index contributed by atoms with van der Waals surface area (Å²) in [6.45, 7) is 8.94. The van der Waals surface area contributed by atoms with Gasteiger partial charge in [-0.1, -0.05) is 0 Å². The molecule has 1 heterocycles. The maximum atomic E-state index is 11.5. The first-order chi connectivity index (χ1) is 8.26. The van der Waals surface area contributed by atoms with Gasteiger partial charge in [0.05, 0.1) is 6.10 Å². The molecule has 1 rings (SSSR count). The fourth-order valence-corrected chi connectivity index (χ4v) is 2.73. The van der Waals surface area contributed by atoms with Crippen molar-refractivity contribution in [3.63, 3.8) is 0 Å². The van der Waals surface area contributed by atoms with Gasteiger partial charge in [-0.3, -0.25) is 15.0 Å². The van der Waals surface area contributed by atoms with Crippen molar-refractivity contribution in [2.75, 3.05) is 20.2 Å². The zero-order valence-corrected chi connectivity index (χ0v) is 12.1. The second kappa shape index (κ2) is 5.99. The first-order valence-corrected chi connectivity index (χ1v) is 6.59. The van der Waals surface area contributed by atoms with Gasteiger partial charge in [0.1, 0.15) is 5.54 Å². The van der Waals surface area contributed by atoms with Gasteiger partial charge in [0.15, 0.2) is 0 Å². The second-order valence-electron chi connectivity index (χ2n) is 5.78. The largest absolute Gasteiger partial charge is 0.480 e. The zero-order chi connectivity index (χ0) is 13.9. The molecule has 0 radical (unpaired) electrons. The Kier molecular flexibility index (Phi) is 5.13. The van der Waals surface area contributed by atoms with Gasteiger partial charge >= 0.3 is 5.97 Å². The number of ether oxygens (including phenoxy) is 1. The van der Waals surface area contributed by atoms with Crippen LogP contribution >= 0.6 is 0 Å². The van der Waals surface area contributed by atoms with E-state index in [1.54, 1.807) is 6.92 Å². The lowest BCUT2D eigenvalue weighted by Gasteiger charge is -2.36. The van der Waals surface area contributed by atoms with Crippen LogP contribution in [-0.2, 0) is 9.53 Å². The molecule has 1 fully saturated rings. The van der Waals surface area contributed by atoms with Crippen molar-refractivity contribution in [2.24, 2.45) is 0 Å². The summed E-state index contributed by atoms with van der Waals surface area (Å²) in [7, 11) is 1.97. The number of likely N-dealkylation sites (N-methyl/N-ethyl adjacent to an activating group) is 1. The van der Waals surface area contributed by atoms with Gasteiger partial charge in [-0.15, -0.1) is 0 Å². The highest BCUT2D eigenvalue weighted by Crippen LogP contribution is 2.20. The summed E-state index contributed by atoms with van der Waals surface area (Å²) in [5.74, 6) is -0.811. The summed E-state index contributed by atoms with van der Waals surface area (Å²) in [5, 5.41) is 12.6. The molecule has 0 aliphatic carbocycles. The van der Waals surface area contributed by atoms with Crippen LogP contribution in [0.25, 0.3) is 0 Å². The van der Waals surface area contributed by atoms with E-state index in [9.17, 15) is 9.90 Å². The lowest BCUT2D eigenvalue weighted by molar-refractivity contribution is -0.145. The van der Waals surface area contributed by atoms with Crippen molar-refractivity contribution in [1.29, 1.82) is 0 Å². The summed E-state index contributed by atoms with van der Waals surface area (Å²) in [6.07, 6.45) is 1.14. The normalized spacial score (nSPS) is 27.7. The van der Waals surface area contributed by atoms with Crippen molar-refractivity contribution >= 4 is 5.97 Å². The van der Waals surface area contributed by atoms with Crippen LogP contribution in [0.3, 0.4) is 0 Å². The number of carboxylic acids is 1. The van der Waals surface area contributed by atoms with Crippen LogP contribution in [0.2, 0.25) is 0 Å². The molecule has 18 heavy (non-hydrogen) atoms. The van der Waals surface area contributed by atoms with Crippen LogP contribution in [0.4, 0.5) is 0 Å². The first kappa shape index (κ1) is 15.4. The molecular weight excluding hydrogens is 232 g/mol. The third-order valence-corrected chi connectivity index (χ3v) is 3.55. The van der Waals surface area contributed by atoms with Crippen molar-refractivity contribution < 1.29 is 14.6 Å². The maximum Gasteiger partial charge on any atom is 0.324 e. The highest BCUT2D eigenvalue weighted by Gasteiger charge is 2.38. The van der Waals surface area contributed by atoms with E-state index >= 15 is 0 Å². The molecule has 0 amide bonds. The summed E-state index contributed by atoms with van der Waals surface area (Å²) < 4.78 is 5.53. The van der Waals surface area contributed by atoms with Crippen molar-refractivity contribution in [3.8, 4) is 0 Å². The average Bonchev–Trinajstić information content (AvgIpc) is 2.62. The Morgan fingerprint density at radius 1 is 1.61 bits per heavy atom. The number of hydrogen-bond acceptors (Lipinski definition) is 4. The first-order valence-electron chi connectivity index (χ1n) is 6.59. The van der Waals surface area contributed by atoms with E-state index < -0.39 is 11.5 Å². The molecule has 1 aliphatic rings. The van der Waals surface area contributed by atoms with Gasteiger partial charge in [0.25, 0.3) is 0 Å². The zero-order valence-electron chi connectivity index (χ0n) is 12.1. The number of aliphatic carboxylic acids is 1. The molecule has 3 atom stereocenters. The van der Waals surface area contributed by atoms with Gasteiger partial charge in [0.2, 0.25) is 0 Å². The van der Waals surface area contributed by atoms with E-state index in [4.69, 9.17) is 4.74 Å². The van der Waals surface area contributed by atoms with Gasteiger partial charge in [0, 0.05) is 25.2 Å². The lowest BCUT2D eigenvalue weighted by atomic mass is 9.99. The molecule has 1 saturated heterocycles. The van der Waals surface area contributed by atoms with E-state index in [1.165, 1.54) is 0 Å². The molecule has 5 heteroatoms. The minimum Gasteiger partial charge on any atom is -0.480 e. The van der Waals surface area contributed by atoms with E-state index in [0.717, 1.165) is 13.0 Å². The highest BCUT2D eigenvalue weighted by atomic mass is 16.5. The maximum absolute atomic E-state index is 11.5. The Bertz CT molecular complexity index is 296. The number of nitrogens with one attached hydrogen (secondary N) is 1. The predicted molar refractivity (Wildman–Crippen MR) is 70.8 cm³/mol. The number of carboxylic acid groups (broad SMARTS) is 1. The second-order valence-corrected chi connectivity index (χ2v) is 5.78. The summed E-state index contributed by atoms with van der Waals surface area (Å²) >= 11 is 0. The molecule has 1 aliphatic heterocycles. The van der Waals surface area contributed by atoms with Crippen molar-refractivity contribution in [3.05, 3.63) is 0 Å². The van der Waals surface area contributed by atoms with E-state index in [1.807, 2.05) is 27.8 Å². The van der Waals surface area contributed by atoms with Gasteiger partial charge in [-0.2, -0.15) is 0 Å². The average molecular weight is 258 g/mol. The Hall–Kier alpha value is -0.650. The predicted octanol–water partition coefficient (Wildman–Crippen LogP) is 0.937. The Labute approximate surface area is 109 Å². The molecule has 0 spiro atoms. The molecule has 0 aromatic carbocycles. The van der Waals surface area contributed by atoms with Crippen LogP contribution in [0.5, 0.6) is 0 Å². The summed E-state index contributed by atoms with van der Waals surface area (Å²) in [4.78, 5) is 13.6. The van der Waals surface area contributed by atoms with Crippen LogP contribution in [0, 0.1) is 0 Å². The highest BCUT2D eigenvalue weighted by molar-refractivity contribution is 5.78. The fourth-order valence-electron chi connectivity index (χ4n) is 2.73. The molecule has 2 N–H and O–H groups in total. The molecular formula is C13H26N2O3. The Morgan fingerprint density at radius 2 is 2.22 bits per heavy atom. The minimum atomic E-state index is -0.925. The number of hydrogen-bond donors (Lipinski definition) is 2. The van der Waals surface area contributed by atoms with Gasteiger partial charge in [-0.05, 0) is 41.2 Å². The lowest BCUT2D eigenvalue weighted by Crippen LogP contribution is -2.60. The van der Waals surface area contributed by atoms with Crippen molar-refractivity contribution in [2.45, 2.75) is 57.8 Å². The van der Waals surface area contributed by atoms with E-state index in [0.29, 0.717) is 12.6 Å². The van der Waals surface area contributed by atoms with E-state index in [2.05, 4.69) is 10.2 Å². The fraction of sp³-hybridized carbons (Fsp3) is 0.923. The minimum absolute atomic E-state index is 0.136. The SMILES string of the molecule is CC(C)NC(C)(CN(C)C1CCOC1C)C(=O)O. The van der Waals surface area contributed by atoms with Crippen molar-refractivity contribution in [1.82, 2.24) is 10.2 Å². The number of carbonyl (C=O) groups is 1. The Morgan fingerprint density at radius 3 is 2.61 bits per heavy atom. The molecule has 5 nitrogen and oxygen atoms in total. The van der Waals surface area contributed by atoms with Gasteiger partial charge < -0.3 is 9.84 Å². The molecule has 0 aromatic rings. The van der Waals surface area contributed by atoms with Crippen LogP contribution in [0.1, 0.15) is 34.1 Å². The van der Waals surface area contributed by atoms with Crippen LogP contribution in [0.15, 0.2) is 0 Å². The number of nitrogens with zero attached hydrogens (tertiary/aromatic N) is 1. The van der Waals surface area contributed by atoms with Gasteiger partial charge in [-0.25, -0.2) is 0 Å². The third-order valence-electron chi connectivity index (χ3n) is 3.55. The van der Waals surface area contributed by atoms with Crippen LogP contribution < -0.4 is 5.32 Å². The molecule has 106 valence electrons. The van der Waals surface area contributed by atoms with E-state index in [-0.39, 0.29) is 12.1 Å². The summed E-state index contributed by atoms with van der Waals surface area (Å²) in [6, 6.07) is 0.439. The topological polar surface area (TPSA) is 61.8 Å². The standard InChI is InChI=1S/C13H26N2O3/c1-9(2)14-13(4,12(16)17)8-15(5)11-6-7-18-10(11)3/h9-11,14H,6-8H2,1-5H3,(H,16,17). The third kappa shape index (κ3) is 3.67. The number of rotatable bonds is 6. The molecule has 0 bridgehead atoms. The Balaban J connectivity index is 2.68. The molecule has 3 unspecified atom stereocenters. The summed E-state index contributed by atoms with van der Waals surface area (Å²) in [5.41, 5.74) is -0.925.